The van der Waals surface area contributed by atoms with Crippen LogP contribution in [0.3, 0.4) is 0 Å². The van der Waals surface area contributed by atoms with E-state index in [1.165, 1.54) is 0 Å². The van der Waals surface area contributed by atoms with Crippen molar-refractivity contribution in [3.63, 3.8) is 0 Å². The molecule has 1 aliphatic heterocycles. The van der Waals surface area contributed by atoms with E-state index in [1.807, 2.05) is 13.0 Å². The minimum absolute atomic E-state index is 0.162. The van der Waals surface area contributed by atoms with Crippen LogP contribution in [0.1, 0.15) is 13.3 Å². The molecule has 1 fully saturated rings. The van der Waals surface area contributed by atoms with Gasteiger partial charge in [0, 0.05) is 42.3 Å². The number of piperidine rings is 1. The molecule has 2 aromatic heterocycles. The van der Waals surface area contributed by atoms with Gasteiger partial charge in [0.2, 0.25) is 5.95 Å². The molecule has 0 bridgehead atoms. The van der Waals surface area contributed by atoms with Gasteiger partial charge in [-0.1, -0.05) is 30.1 Å². The number of aromatic nitrogens is 4. The van der Waals surface area contributed by atoms with E-state index in [1.54, 1.807) is 30.7 Å². The third-order valence-corrected chi connectivity index (χ3v) is 5.41. The van der Waals surface area contributed by atoms with E-state index in [-0.39, 0.29) is 12.0 Å². The number of aliphatic hydroxyl groups is 1. The summed E-state index contributed by atoms with van der Waals surface area (Å²) in [6.07, 6.45) is 5.61. The maximum atomic E-state index is 10.00. The predicted molar refractivity (Wildman–Crippen MR) is 107 cm³/mol. The van der Waals surface area contributed by atoms with Gasteiger partial charge in [-0.15, -0.1) is 0 Å². The molecule has 3 heterocycles. The number of nitrogens with zero attached hydrogens (tertiary/aromatic N) is 4. The second-order valence-electron chi connectivity index (χ2n) is 6.77. The fourth-order valence-corrected chi connectivity index (χ4v) is 3.81. The van der Waals surface area contributed by atoms with Crippen molar-refractivity contribution in [2.24, 2.45) is 5.92 Å². The maximum absolute atomic E-state index is 10.00. The molecule has 0 aliphatic carbocycles. The lowest BCUT2D eigenvalue weighted by atomic mass is 9.97. The molecule has 2 N–H and O–H groups in total. The van der Waals surface area contributed by atoms with Crippen molar-refractivity contribution >= 4 is 29.2 Å². The molecule has 0 saturated carbocycles. The largest absolute Gasteiger partial charge is 0.393 e. The molecule has 140 valence electrons. The average Bonchev–Trinajstić information content (AvgIpc) is 3.18. The standard InChI is InChI=1S/C19H19Cl2N5O/c1-11-10-26(7-4-16(11)27)19-24-9-14(18-22-5-6-23-18)17(25-19)13-3-2-12(20)8-15(13)21/h2-3,5-6,8-9,11,16,27H,4,7,10H2,1H3,(H,22,23). The summed E-state index contributed by atoms with van der Waals surface area (Å²) in [5, 5.41) is 11.1. The molecule has 1 aliphatic rings. The van der Waals surface area contributed by atoms with E-state index in [0.29, 0.717) is 47.0 Å². The zero-order chi connectivity index (χ0) is 19.0. The van der Waals surface area contributed by atoms with E-state index in [0.717, 1.165) is 11.1 Å². The first-order chi connectivity index (χ1) is 13.0. The average molecular weight is 404 g/mol. The number of hydrogen-bond donors (Lipinski definition) is 2. The first-order valence-corrected chi connectivity index (χ1v) is 9.53. The minimum atomic E-state index is -0.283. The first-order valence-electron chi connectivity index (χ1n) is 8.78. The molecule has 0 radical (unpaired) electrons. The lowest BCUT2D eigenvalue weighted by molar-refractivity contribution is 0.0966. The first kappa shape index (κ1) is 18.2. The second kappa shape index (κ2) is 7.46. The second-order valence-corrected chi connectivity index (χ2v) is 7.62. The number of anilines is 1. The van der Waals surface area contributed by atoms with Gasteiger partial charge in [-0.05, 0) is 30.5 Å². The number of aliphatic hydroxyl groups excluding tert-OH is 1. The molecular formula is C19H19Cl2N5O. The van der Waals surface area contributed by atoms with Gasteiger partial charge in [-0.2, -0.15) is 0 Å². The lowest BCUT2D eigenvalue weighted by Gasteiger charge is -2.34. The molecule has 8 heteroatoms. The van der Waals surface area contributed by atoms with Crippen molar-refractivity contribution in [1.29, 1.82) is 0 Å². The predicted octanol–water partition coefficient (Wildman–Crippen LogP) is 4.05. The van der Waals surface area contributed by atoms with Gasteiger partial charge in [-0.3, -0.25) is 0 Å². The number of hydrogen-bond acceptors (Lipinski definition) is 5. The number of aromatic amines is 1. The van der Waals surface area contributed by atoms with Crippen molar-refractivity contribution < 1.29 is 5.11 Å². The van der Waals surface area contributed by atoms with E-state index in [2.05, 4.69) is 19.9 Å². The van der Waals surface area contributed by atoms with Gasteiger partial charge < -0.3 is 15.0 Å². The van der Waals surface area contributed by atoms with Gasteiger partial charge in [-0.25, -0.2) is 15.0 Å². The van der Waals surface area contributed by atoms with Crippen LogP contribution < -0.4 is 4.90 Å². The number of imidazole rings is 1. The van der Waals surface area contributed by atoms with Crippen molar-refractivity contribution in [1.82, 2.24) is 19.9 Å². The SMILES string of the molecule is CC1CN(c2ncc(-c3ncc[nH]3)c(-c3ccc(Cl)cc3Cl)n2)CCC1O. The molecule has 2 atom stereocenters. The van der Waals surface area contributed by atoms with Gasteiger partial charge in [0.05, 0.1) is 22.4 Å². The Labute approximate surface area is 167 Å². The van der Waals surface area contributed by atoms with Crippen LogP contribution >= 0.6 is 23.2 Å². The van der Waals surface area contributed by atoms with Gasteiger partial charge >= 0.3 is 0 Å². The summed E-state index contributed by atoms with van der Waals surface area (Å²) >= 11 is 12.5. The highest BCUT2D eigenvalue weighted by Crippen LogP contribution is 2.35. The Hall–Kier alpha value is -2.15. The number of H-pyrrole nitrogens is 1. The quantitative estimate of drug-likeness (QED) is 0.689. The normalized spacial score (nSPS) is 20.1. The molecule has 3 aromatic rings. The minimum Gasteiger partial charge on any atom is -0.393 e. The van der Waals surface area contributed by atoms with Crippen LogP contribution in [0, 0.1) is 5.92 Å². The van der Waals surface area contributed by atoms with Crippen molar-refractivity contribution in [2.75, 3.05) is 18.0 Å². The summed E-state index contributed by atoms with van der Waals surface area (Å²) in [5.41, 5.74) is 2.22. The summed E-state index contributed by atoms with van der Waals surface area (Å²) in [6, 6.07) is 5.34. The number of benzene rings is 1. The van der Waals surface area contributed by atoms with E-state index in [4.69, 9.17) is 28.2 Å². The van der Waals surface area contributed by atoms with Crippen LogP contribution in [-0.2, 0) is 0 Å². The van der Waals surface area contributed by atoms with Crippen LogP contribution in [-0.4, -0.2) is 44.2 Å². The Balaban J connectivity index is 1.81. The van der Waals surface area contributed by atoms with Crippen LogP contribution in [0.2, 0.25) is 10.0 Å². The number of halogens is 2. The number of rotatable bonds is 3. The fourth-order valence-electron chi connectivity index (χ4n) is 3.31. The molecule has 4 rings (SSSR count). The van der Waals surface area contributed by atoms with Crippen molar-refractivity contribution in [3.05, 3.63) is 46.8 Å². The third kappa shape index (κ3) is 3.65. The Bertz CT molecular complexity index is 947. The summed E-state index contributed by atoms with van der Waals surface area (Å²) in [6.45, 7) is 3.44. The lowest BCUT2D eigenvalue weighted by Crippen LogP contribution is -2.42. The molecular weight excluding hydrogens is 385 g/mol. The zero-order valence-corrected chi connectivity index (χ0v) is 16.2. The summed E-state index contributed by atoms with van der Waals surface area (Å²) in [5.74, 6) is 1.45. The maximum Gasteiger partial charge on any atom is 0.225 e. The van der Waals surface area contributed by atoms with Gasteiger partial charge in [0.1, 0.15) is 5.82 Å². The van der Waals surface area contributed by atoms with E-state index in [9.17, 15) is 5.11 Å². The third-order valence-electron chi connectivity index (χ3n) is 4.86. The molecule has 1 saturated heterocycles. The fraction of sp³-hybridized carbons (Fsp3) is 0.316. The van der Waals surface area contributed by atoms with E-state index >= 15 is 0 Å². The van der Waals surface area contributed by atoms with E-state index < -0.39 is 0 Å². The number of nitrogens with one attached hydrogen (secondary N) is 1. The smallest absolute Gasteiger partial charge is 0.225 e. The monoisotopic (exact) mass is 403 g/mol. The molecule has 0 spiro atoms. The molecule has 27 heavy (non-hydrogen) atoms. The highest BCUT2D eigenvalue weighted by molar-refractivity contribution is 6.36. The van der Waals surface area contributed by atoms with Gasteiger partial charge in [0.25, 0.3) is 0 Å². The topological polar surface area (TPSA) is 77.9 Å². The van der Waals surface area contributed by atoms with Crippen molar-refractivity contribution in [2.45, 2.75) is 19.4 Å². The Morgan fingerprint density at radius 3 is 2.78 bits per heavy atom. The summed E-state index contributed by atoms with van der Waals surface area (Å²) in [4.78, 5) is 18.9. The summed E-state index contributed by atoms with van der Waals surface area (Å²) < 4.78 is 0. The molecule has 0 amide bonds. The summed E-state index contributed by atoms with van der Waals surface area (Å²) in [7, 11) is 0. The van der Waals surface area contributed by atoms with Crippen LogP contribution in [0.5, 0.6) is 0 Å². The molecule has 1 aromatic carbocycles. The van der Waals surface area contributed by atoms with Crippen LogP contribution in [0.15, 0.2) is 36.8 Å². The Morgan fingerprint density at radius 1 is 1.22 bits per heavy atom. The molecule has 6 nitrogen and oxygen atoms in total. The Morgan fingerprint density at radius 2 is 2.07 bits per heavy atom. The van der Waals surface area contributed by atoms with Crippen LogP contribution in [0.25, 0.3) is 22.6 Å². The Kier molecular flexibility index (Phi) is 5.04. The molecule has 2 unspecified atom stereocenters. The van der Waals surface area contributed by atoms with Crippen molar-refractivity contribution in [3.8, 4) is 22.6 Å². The highest BCUT2D eigenvalue weighted by atomic mass is 35.5. The zero-order valence-electron chi connectivity index (χ0n) is 14.7. The van der Waals surface area contributed by atoms with Gasteiger partial charge in [0.15, 0.2) is 0 Å². The van der Waals surface area contributed by atoms with Crippen LogP contribution in [0.4, 0.5) is 5.95 Å². The highest BCUT2D eigenvalue weighted by Gasteiger charge is 2.27.